The van der Waals surface area contributed by atoms with Crippen LogP contribution >= 0.6 is 0 Å². The first-order valence-electron chi connectivity index (χ1n) is 6.45. The number of nitrogens with zero attached hydrogens (tertiary/aromatic N) is 2. The third kappa shape index (κ3) is 2.85. The number of aromatic carboxylic acids is 1. The molecular formula is C14H16N2O4. The number of benzene rings is 1. The van der Waals surface area contributed by atoms with Crippen molar-refractivity contribution in [2.45, 2.75) is 26.4 Å². The minimum absolute atomic E-state index is 0.132. The van der Waals surface area contributed by atoms with E-state index in [2.05, 4.69) is 10.1 Å². The standard InChI is InChI=1S/C14H16N2O4/c1-3-11(19-4-2)12-15-13(20-16-12)9-7-5-6-8-10(9)14(17)18/h5-8,11H,3-4H2,1-2H3,(H,17,18). The molecule has 2 aromatic rings. The Balaban J connectivity index is 2.36. The van der Waals surface area contributed by atoms with Gasteiger partial charge in [0.2, 0.25) is 5.82 Å². The highest BCUT2D eigenvalue weighted by Gasteiger charge is 2.20. The Morgan fingerprint density at radius 1 is 1.40 bits per heavy atom. The van der Waals surface area contributed by atoms with E-state index in [-0.39, 0.29) is 17.6 Å². The summed E-state index contributed by atoms with van der Waals surface area (Å²) in [5.41, 5.74) is 0.539. The van der Waals surface area contributed by atoms with Crippen LogP contribution in [0.3, 0.4) is 0 Å². The van der Waals surface area contributed by atoms with Crippen molar-refractivity contribution >= 4 is 5.97 Å². The second-order valence-electron chi connectivity index (χ2n) is 4.16. The lowest BCUT2D eigenvalue weighted by atomic mass is 10.1. The van der Waals surface area contributed by atoms with Gasteiger partial charge in [-0.25, -0.2) is 4.79 Å². The van der Waals surface area contributed by atoms with Gasteiger partial charge in [-0.15, -0.1) is 0 Å². The Hall–Kier alpha value is -2.21. The van der Waals surface area contributed by atoms with Crippen LogP contribution in [0.25, 0.3) is 11.5 Å². The molecular weight excluding hydrogens is 260 g/mol. The monoisotopic (exact) mass is 276 g/mol. The van der Waals surface area contributed by atoms with Crippen molar-refractivity contribution in [3.63, 3.8) is 0 Å². The molecule has 0 radical (unpaired) electrons. The number of hydrogen-bond donors (Lipinski definition) is 1. The Morgan fingerprint density at radius 3 is 2.80 bits per heavy atom. The maximum atomic E-state index is 11.2. The molecule has 1 N–H and O–H groups in total. The zero-order valence-electron chi connectivity index (χ0n) is 11.4. The molecule has 1 heterocycles. The van der Waals surface area contributed by atoms with Gasteiger partial charge in [-0.3, -0.25) is 0 Å². The van der Waals surface area contributed by atoms with Gasteiger partial charge in [-0.05, 0) is 25.5 Å². The van der Waals surface area contributed by atoms with Crippen LogP contribution in [-0.2, 0) is 4.74 Å². The van der Waals surface area contributed by atoms with Gasteiger partial charge < -0.3 is 14.4 Å². The number of carbonyl (C=O) groups is 1. The average Bonchev–Trinajstić information content (AvgIpc) is 2.94. The molecule has 0 saturated heterocycles. The summed E-state index contributed by atoms with van der Waals surface area (Å²) in [5, 5.41) is 13.0. The van der Waals surface area contributed by atoms with E-state index >= 15 is 0 Å². The van der Waals surface area contributed by atoms with Crippen LogP contribution in [0.15, 0.2) is 28.8 Å². The van der Waals surface area contributed by atoms with Crippen molar-refractivity contribution in [1.82, 2.24) is 10.1 Å². The minimum Gasteiger partial charge on any atom is -0.478 e. The molecule has 0 bridgehead atoms. The topological polar surface area (TPSA) is 85.5 Å². The molecule has 0 saturated carbocycles. The van der Waals surface area contributed by atoms with Gasteiger partial charge in [-0.2, -0.15) is 4.98 Å². The number of rotatable bonds is 6. The number of aromatic nitrogens is 2. The molecule has 0 aliphatic carbocycles. The van der Waals surface area contributed by atoms with Crippen LogP contribution < -0.4 is 0 Å². The molecule has 0 spiro atoms. The van der Waals surface area contributed by atoms with E-state index in [1.807, 2.05) is 13.8 Å². The average molecular weight is 276 g/mol. The molecule has 0 amide bonds. The van der Waals surface area contributed by atoms with Gasteiger partial charge in [0.25, 0.3) is 5.89 Å². The molecule has 0 fully saturated rings. The largest absolute Gasteiger partial charge is 0.478 e. The van der Waals surface area contributed by atoms with E-state index in [0.29, 0.717) is 24.4 Å². The zero-order chi connectivity index (χ0) is 14.5. The summed E-state index contributed by atoms with van der Waals surface area (Å²) in [6, 6.07) is 6.52. The third-order valence-electron chi connectivity index (χ3n) is 2.86. The van der Waals surface area contributed by atoms with Gasteiger partial charge in [0.05, 0.1) is 11.1 Å². The lowest BCUT2D eigenvalue weighted by molar-refractivity contribution is 0.0518. The van der Waals surface area contributed by atoms with Crippen molar-refractivity contribution < 1.29 is 19.2 Å². The minimum atomic E-state index is -1.03. The first-order chi connectivity index (χ1) is 9.67. The first kappa shape index (κ1) is 14.2. The second kappa shape index (κ2) is 6.29. The highest BCUT2D eigenvalue weighted by molar-refractivity contribution is 5.94. The number of ether oxygens (including phenoxy) is 1. The molecule has 1 atom stereocenters. The molecule has 20 heavy (non-hydrogen) atoms. The first-order valence-corrected chi connectivity index (χ1v) is 6.45. The quantitative estimate of drug-likeness (QED) is 0.873. The highest BCUT2D eigenvalue weighted by Crippen LogP contribution is 2.25. The Morgan fingerprint density at radius 2 is 2.15 bits per heavy atom. The SMILES string of the molecule is CCOC(CC)c1noc(-c2ccccc2C(=O)O)n1. The van der Waals surface area contributed by atoms with Crippen LogP contribution in [0, 0.1) is 0 Å². The Bertz CT molecular complexity index is 594. The molecule has 1 aromatic heterocycles. The molecule has 106 valence electrons. The Kier molecular flexibility index (Phi) is 4.47. The maximum absolute atomic E-state index is 11.2. The van der Waals surface area contributed by atoms with Gasteiger partial charge in [0.15, 0.2) is 0 Å². The predicted octanol–water partition coefficient (Wildman–Crippen LogP) is 2.92. The van der Waals surface area contributed by atoms with E-state index < -0.39 is 5.97 Å². The summed E-state index contributed by atoms with van der Waals surface area (Å²) >= 11 is 0. The van der Waals surface area contributed by atoms with Crippen molar-refractivity contribution in [3.8, 4) is 11.5 Å². The van der Waals surface area contributed by atoms with E-state index in [1.165, 1.54) is 6.07 Å². The fourth-order valence-corrected chi connectivity index (χ4v) is 1.91. The van der Waals surface area contributed by atoms with Gasteiger partial charge in [0, 0.05) is 6.61 Å². The third-order valence-corrected chi connectivity index (χ3v) is 2.86. The van der Waals surface area contributed by atoms with Crippen molar-refractivity contribution in [2.75, 3.05) is 6.61 Å². The van der Waals surface area contributed by atoms with E-state index in [9.17, 15) is 4.79 Å². The molecule has 1 aromatic carbocycles. The van der Waals surface area contributed by atoms with E-state index in [1.54, 1.807) is 18.2 Å². The fourth-order valence-electron chi connectivity index (χ4n) is 1.91. The summed E-state index contributed by atoms with van der Waals surface area (Å²) < 4.78 is 10.7. The summed E-state index contributed by atoms with van der Waals surface area (Å²) in [5.74, 6) is -0.405. The van der Waals surface area contributed by atoms with Crippen molar-refractivity contribution in [2.24, 2.45) is 0 Å². The molecule has 6 heteroatoms. The number of hydrogen-bond acceptors (Lipinski definition) is 5. The van der Waals surface area contributed by atoms with E-state index in [0.717, 1.165) is 0 Å². The molecule has 0 aliphatic rings. The van der Waals surface area contributed by atoms with Crippen LogP contribution in [-0.4, -0.2) is 27.8 Å². The summed E-state index contributed by atoms with van der Waals surface area (Å²) in [4.78, 5) is 15.4. The van der Waals surface area contributed by atoms with E-state index in [4.69, 9.17) is 14.4 Å². The molecule has 6 nitrogen and oxygen atoms in total. The highest BCUT2D eigenvalue weighted by atomic mass is 16.5. The van der Waals surface area contributed by atoms with Gasteiger partial charge in [-0.1, -0.05) is 24.2 Å². The summed E-state index contributed by atoms with van der Waals surface area (Å²) in [7, 11) is 0. The van der Waals surface area contributed by atoms with Crippen LogP contribution in [0.1, 0.15) is 42.6 Å². The number of carboxylic acids is 1. The van der Waals surface area contributed by atoms with Gasteiger partial charge >= 0.3 is 5.97 Å². The lowest BCUT2D eigenvalue weighted by Crippen LogP contribution is -2.05. The predicted molar refractivity (Wildman–Crippen MR) is 71.4 cm³/mol. The fraction of sp³-hybridized carbons (Fsp3) is 0.357. The summed E-state index contributed by atoms with van der Waals surface area (Å²) in [6.07, 6.45) is 0.474. The molecule has 2 rings (SSSR count). The maximum Gasteiger partial charge on any atom is 0.336 e. The van der Waals surface area contributed by atoms with Gasteiger partial charge in [0.1, 0.15) is 6.10 Å². The lowest BCUT2D eigenvalue weighted by Gasteiger charge is -2.09. The van der Waals surface area contributed by atoms with Crippen LogP contribution in [0.2, 0.25) is 0 Å². The second-order valence-corrected chi connectivity index (χ2v) is 4.16. The summed E-state index contributed by atoms with van der Waals surface area (Å²) in [6.45, 7) is 4.40. The normalized spacial score (nSPS) is 12.3. The molecule has 1 unspecified atom stereocenters. The van der Waals surface area contributed by atoms with Crippen molar-refractivity contribution in [3.05, 3.63) is 35.7 Å². The van der Waals surface area contributed by atoms with Crippen molar-refractivity contribution in [1.29, 1.82) is 0 Å². The molecule has 0 aliphatic heterocycles. The zero-order valence-corrected chi connectivity index (χ0v) is 11.4. The smallest absolute Gasteiger partial charge is 0.336 e. The Labute approximate surface area is 116 Å². The number of carboxylic acid groups (broad SMARTS) is 1. The van der Waals surface area contributed by atoms with Crippen LogP contribution in [0.4, 0.5) is 0 Å². The van der Waals surface area contributed by atoms with Crippen LogP contribution in [0.5, 0.6) is 0 Å².